The van der Waals surface area contributed by atoms with E-state index in [-0.39, 0.29) is 16.8 Å². The fourth-order valence-electron chi connectivity index (χ4n) is 1.60. The largest absolute Gasteiger partial charge is 0.480 e. The first-order valence-electron chi connectivity index (χ1n) is 6.11. The van der Waals surface area contributed by atoms with Crippen LogP contribution in [0.4, 0.5) is 4.79 Å². The molecule has 128 valence electrons. The van der Waals surface area contributed by atoms with E-state index in [0.717, 1.165) is 13.2 Å². The number of nitrogens with one attached hydrogen (secondary N) is 2. The van der Waals surface area contributed by atoms with Gasteiger partial charge < -0.3 is 14.8 Å². The molecule has 1 aliphatic rings. The number of allylic oxidation sites excluding steroid dienone is 1. The Kier molecular flexibility index (Phi) is 6.60. The number of ether oxygens (including phenoxy) is 2. The van der Waals surface area contributed by atoms with Crippen molar-refractivity contribution in [3.63, 3.8) is 0 Å². The van der Waals surface area contributed by atoms with Crippen LogP contribution in [0, 0.1) is 10.1 Å². The molecule has 0 aromatic heterocycles. The molecule has 0 saturated carbocycles. The van der Waals surface area contributed by atoms with Gasteiger partial charge in [-0.05, 0) is 24.4 Å². The molecule has 12 heteroatoms. The Balaban J connectivity index is 2.87. The standard InChI is InChI=1S/C11H16N4O6S2/c1-20-10(16)14-9(22)13-8-4-3-7(21-6-23(2)19)5-11(8,12)15(17)18/h3-5,8H,6,12H2,1-2H3,(H2,13,14,16,22). The van der Waals surface area contributed by atoms with E-state index < -0.39 is 33.5 Å². The smallest absolute Gasteiger partial charge is 0.413 e. The Labute approximate surface area is 139 Å². The van der Waals surface area contributed by atoms with Gasteiger partial charge in [-0.1, -0.05) is 0 Å². The lowest BCUT2D eigenvalue weighted by atomic mass is 9.96. The molecule has 0 aliphatic heterocycles. The third-order valence-electron chi connectivity index (χ3n) is 2.72. The van der Waals surface area contributed by atoms with Crippen LogP contribution in [0.15, 0.2) is 24.0 Å². The summed E-state index contributed by atoms with van der Waals surface area (Å²) in [6, 6.07) is -1.04. The predicted octanol–water partition coefficient (Wildman–Crippen LogP) is -0.676. The highest BCUT2D eigenvalue weighted by Gasteiger charge is 2.47. The highest BCUT2D eigenvalue weighted by atomic mass is 32.2. The van der Waals surface area contributed by atoms with E-state index in [1.807, 2.05) is 0 Å². The number of methoxy groups -OCH3 is 1. The summed E-state index contributed by atoms with van der Waals surface area (Å²) < 4.78 is 20.5. The zero-order valence-corrected chi connectivity index (χ0v) is 13.9. The summed E-state index contributed by atoms with van der Waals surface area (Å²) in [6.45, 7) is 0. The minimum atomic E-state index is -2.07. The second-order valence-corrected chi connectivity index (χ2v) is 6.24. The van der Waals surface area contributed by atoms with Crippen molar-refractivity contribution in [2.45, 2.75) is 11.7 Å². The van der Waals surface area contributed by atoms with Crippen LogP contribution in [0.25, 0.3) is 0 Å². The lowest BCUT2D eigenvalue weighted by Gasteiger charge is -2.29. The minimum absolute atomic E-state index is 0.115. The molecule has 0 aromatic carbocycles. The Morgan fingerprint density at radius 3 is 2.83 bits per heavy atom. The molecule has 0 aromatic rings. The van der Waals surface area contributed by atoms with Crippen molar-refractivity contribution in [3.05, 3.63) is 34.1 Å². The zero-order valence-electron chi connectivity index (χ0n) is 12.3. The maximum absolute atomic E-state index is 11.3. The van der Waals surface area contributed by atoms with Gasteiger partial charge in [0.25, 0.3) is 0 Å². The Bertz CT molecular complexity index is 593. The number of carbonyl (C=O) groups is 1. The van der Waals surface area contributed by atoms with Gasteiger partial charge in [0.1, 0.15) is 11.8 Å². The monoisotopic (exact) mass is 364 g/mol. The zero-order chi connectivity index (χ0) is 17.6. The maximum Gasteiger partial charge on any atom is 0.413 e. The Morgan fingerprint density at radius 2 is 2.30 bits per heavy atom. The van der Waals surface area contributed by atoms with Crippen molar-refractivity contribution in [3.8, 4) is 0 Å². The van der Waals surface area contributed by atoms with Gasteiger partial charge in [0.2, 0.25) is 0 Å². The average molecular weight is 364 g/mol. The van der Waals surface area contributed by atoms with E-state index >= 15 is 0 Å². The van der Waals surface area contributed by atoms with Crippen molar-refractivity contribution in [1.82, 2.24) is 10.6 Å². The number of carbonyl (C=O) groups excluding carboxylic acids is 1. The van der Waals surface area contributed by atoms with Crippen molar-refractivity contribution in [2.75, 3.05) is 19.3 Å². The van der Waals surface area contributed by atoms with Crippen molar-refractivity contribution in [2.24, 2.45) is 5.73 Å². The summed E-state index contributed by atoms with van der Waals surface area (Å²) in [5, 5.41) is 15.8. The average Bonchev–Trinajstić information content (AvgIpc) is 2.47. The van der Waals surface area contributed by atoms with Gasteiger partial charge in [-0.25, -0.2) is 4.79 Å². The van der Waals surface area contributed by atoms with Crippen LogP contribution in [0.1, 0.15) is 0 Å². The van der Waals surface area contributed by atoms with E-state index in [2.05, 4.69) is 15.4 Å². The molecule has 0 radical (unpaired) electrons. The number of alkyl carbamates (subject to hydrolysis) is 1. The predicted molar refractivity (Wildman–Crippen MR) is 86.2 cm³/mol. The SMILES string of the molecule is COC(=O)NC(=S)NC1C=CC(OCS(C)=O)=CC1(N)[N+](=O)[O-]. The van der Waals surface area contributed by atoms with Gasteiger partial charge in [0, 0.05) is 11.2 Å². The summed E-state index contributed by atoms with van der Waals surface area (Å²) in [4.78, 5) is 21.7. The highest BCUT2D eigenvalue weighted by Crippen LogP contribution is 2.21. The quantitative estimate of drug-likeness (QED) is 0.250. The highest BCUT2D eigenvalue weighted by molar-refractivity contribution is 7.84. The molecular weight excluding hydrogens is 348 g/mol. The molecule has 0 saturated heterocycles. The first-order valence-corrected chi connectivity index (χ1v) is 8.25. The molecule has 0 bridgehead atoms. The minimum Gasteiger partial charge on any atom is -0.480 e. The van der Waals surface area contributed by atoms with Gasteiger partial charge >= 0.3 is 11.8 Å². The molecule has 0 fully saturated rings. The van der Waals surface area contributed by atoms with E-state index in [1.165, 1.54) is 18.4 Å². The van der Waals surface area contributed by atoms with E-state index in [1.54, 1.807) is 0 Å². The van der Waals surface area contributed by atoms with E-state index in [4.69, 9.17) is 22.7 Å². The lowest BCUT2D eigenvalue weighted by molar-refractivity contribution is -0.556. The van der Waals surface area contributed by atoms with E-state index in [0.29, 0.717) is 0 Å². The first-order chi connectivity index (χ1) is 10.7. The Hall–Kier alpha value is -2.05. The molecule has 1 aliphatic carbocycles. The van der Waals surface area contributed by atoms with Crippen LogP contribution in [0.3, 0.4) is 0 Å². The van der Waals surface area contributed by atoms with Crippen LogP contribution in [0.2, 0.25) is 0 Å². The Morgan fingerprint density at radius 1 is 1.65 bits per heavy atom. The lowest BCUT2D eigenvalue weighted by Crippen LogP contribution is -2.63. The number of thiocarbonyl (C=S) groups is 1. The van der Waals surface area contributed by atoms with Crippen LogP contribution < -0.4 is 16.4 Å². The molecule has 4 N–H and O–H groups in total. The fraction of sp³-hybridized carbons (Fsp3) is 0.455. The molecule has 3 atom stereocenters. The number of hydrogen-bond acceptors (Lipinski definition) is 8. The van der Waals surface area contributed by atoms with Gasteiger partial charge in [-0.15, -0.1) is 0 Å². The third-order valence-corrected chi connectivity index (χ3v) is 3.39. The normalized spacial score (nSPS) is 24.1. The molecule has 1 rings (SSSR count). The topological polar surface area (TPSA) is 146 Å². The summed E-state index contributed by atoms with van der Waals surface area (Å²) in [7, 11) is -0.0883. The third kappa shape index (κ3) is 5.26. The maximum atomic E-state index is 11.3. The van der Waals surface area contributed by atoms with Gasteiger partial charge in [-0.2, -0.15) is 0 Å². The number of hydrogen-bond donors (Lipinski definition) is 3. The molecular formula is C11H16N4O6S2. The summed E-state index contributed by atoms with van der Waals surface area (Å²) in [6.07, 6.45) is 4.48. The van der Waals surface area contributed by atoms with Crippen LogP contribution in [-0.4, -0.2) is 51.3 Å². The fourth-order valence-corrected chi connectivity index (χ4v) is 2.12. The molecule has 10 nitrogen and oxygen atoms in total. The van der Waals surface area contributed by atoms with Crippen molar-refractivity contribution in [1.29, 1.82) is 0 Å². The summed E-state index contributed by atoms with van der Waals surface area (Å²) in [5.74, 6) is -0.00558. The molecule has 0 spiro atoms. The van der Waals surface area contributed by atoms with Gasteiger partial charge in [0.15, 0.2) is 11.1 Å². The molecule has 23 heavy (non-hydrogen) atoms. The van der Waals surface area contributed by atoms with Gasteiger partial charge in [-0.3, -0.25) is 25.4 Å². The molecule has 3 unspecified atom stereocenters. The van der Waals surface area contributed by atoms with E-state index in [9.17, 15) is 19.1 Å². The second-order valence-electron chi connectivity index (χ2n) is 4.45. The summed E-state index contributed by atoms with van der Waals surface area (Å²) >= 11 is 4.85. The van der Waals surface area contributed by atoms with Crippen LogP contribution in [0.5, 0.6) is 0 Å². The van der Waals surface area contributed by atoms with Crippen molar-refractivity contribution >= 4 is 34.2 Å². The number of amides is 1. The number of nitro groups is 1. The van der Waals surface area contributed by atoms with Crippen LogP contribution in [-0.2, 0) is 20.3 Å². The molecule has 1 amide bonds. The molecule has 0 heterocycles. The number of rotatable bonds is 5. The van der Waals surface area contributed by atoms with Crippen molar-refractivity contribution < 1.29 is 23.4 Å². The number of nitrogens with two attached hydrogens (primary N) is 1. The second kappa shape index (κ2) is 7.99. The number of nitrogens with zero attached hydrogens (tertiary/aromatic N) is 1. The van der Waals surface area contributed by atoms with Crippen LogP contribution >= 0.6 is 12.2 Å². The first kappa shape index (κ1) is 19.0. The summed E-state index contributed by atoms with van der Waals surface area (Å²) in [5.41, 5.74) is 3.74. The van der Waals surface area contributed by atoms with Gasteiger partial charge in [0.05, 0.1) is 24.0 Å².